The van der Waals surface area contributed by atoms with Crippen LogP contribution in [0.4, 0.5) is 0 Å². The summed E-state index contributed by atoms with van der Waals surface area (Å²) in [6.07, 6.45) is 6.14. The van der Waals surface area contributed by atoms with E-state index in [2.05, 4.69) is 30.4 Å². The predicted molar refractivity (Wildman–Crippen MR) is 84.7 cm³/mol. The van der Waals surface area contributed by atoms with Crippen molar-refractivity contribution in [3.63, 3.8) is 0 Å². The number of carbonyl (C=O) groups excluding carboxylic acids is 1. The van der Waals surface area contributed by atoms with Gasteiger partial charge in [0.15, 0.2) is 0 Å². The van der Waals surface area contributed by atoms with Gasteiger partial charge in [-0.25, -0.2) is 9.67 Å². The second kappa shape index (κ2) is 6.41. The topological polar surface area (TPSA) is 118 Å². The summed E-state index contributed by atoms with van der Waals surface area (Å²) in [4.78, 5) is 38.7. The molecule has 9 heteroatoms. The highest BCUT2D eigenvalue weighted by Gasteiger charge is 2.16. The number of carbonyl (C=O) groups is 1. The third-order valence-corrected chi connectivity index (χ3v) is 3.36. The van der Waals surface area contributed by atoms with Crippen LogP contribution in [0.2, 0.25) is 0 Å². The Balaban J connectivity index is 1.81. The van der Waals surface area contributed by atoms with Gasteiger partial charge < -0.3 is 5.32 Å². The molecule has 0 spiro atoms. The van der Waals surface area contributed by atoms with Crippen LogP contribution in [-0.2, 0) is 6.54 Å². The maximum atomic E-state index is 12.3. The van der Waals surface area contributed by atoms with Gasteiger partial charge in [0.05, 0.1) is 35.9 Å². The van der Waals surface area contributed by atoms with Crippen molar-refractivity contribution in [2.45, 2.75) is 20.4 Å². The van der Waals surface area contributed by atoms with Crippen molar-refractivity contribution in [2.75, 3.05) is 0 Å². The fraction of sp³-hybridized carbons (Fsp3) is 0.200. The van der Waals surface area contributed by atoms with Crippen molar-refractivity contribution in [1.82, 2.24) is 35.0 Å². The van der Waals surface area contributed by atoms with Crippen LogP contribution < -0.4 is 10.9 Å². The lowest BCUT2D eigenvalue weighted by Gasteiger charge is -2.06. The molecule has 0 fully saturated rings. The summed E-state index contributed by atoms with van der Waals surface area (Å²) in [5.74, 6) is -0.0233. The molecule has 122 valence electrons. The van der Waals surface area contributed by atoms with Gasteiger partial charge in [-0.15, -0.1) is 0 Å². The molecule has 0 saturated carbocycles. The molecule has 0 bridgehead atoms. The molecule has 0 atom stereocenters. The second-order valence-electron chi connectivity index (χ2n) is 5.15. The Morgan fingerprint density at radius 3 is 2.83 bits per heavy atom. The lowest BCUT2D eigenvalue weighted by atomic mass is 10.2. The first-order valence-electron chi connectivity index (χ1n) is 7.20. The summed E-state index contributed by atoms with van der Waals surface area (Å²) in [6.45, 7) is 3.70. The van der Waals surface area contributed by atoms with E-state index < -0.39 is 0 Å². The van der Waals surface area contributed by atoms with Gasteiger partial charge >= 0.3 is 0 Å². The number of aryl methyl sites for hydroxylation is 1. The molecule has 0 unspecified atom stereocenters. The van der Waals surface area contributed by atoms with Crippen molar-refractivity contribution >= 4 is 5.91 Å². The molecule has 3 rings (SSSR count). The molecule has 0 saturated heterocycles. The average molecular weight is 325 g/mol. The van der Waals surface area contributed by atoms with Gasteiger partial charge in [-0.2, -0.15) is 5.10 Å². The van der Waals surface area contributed by atoms with Crippen LogP contribution in [0.15, 0.2) is 35.6 Å². The fourth-order valence-corrected chi connectivity index (χ4v) is 2.20. The number of hydrogen-bond donors (Lipinski definition) is 2. The average Bonchev–Trinajstić information content (AvgIpc) is 2.94. The summed E-state index contributed by atoms with van der Waals surface area (Å²) in [7, 11) is 0. The number of hydrogen-bond acceptors (Lipinski definition) is 6. The normalized spacial score (nSPS) is 10.6. The van der Waals surface area contributed by atoms with E-state index in [1.807, 2.05) is 0 Å². The Morgan fingerprint density at radius 1 is 1.29 bits per heavy atom. The van der Waals surface area contributed by atoms with E-state index in [1.54, 1.807) is 32.4 Å². The minimum absolute atomic E-state index is 0.261. The number of H-pyrrole nitrogens is 1. The van der Waals surface area contributed by atoms with E-state index in [0.717, 1.165) is 0 Å². The first kappa shape index (κ1) is 15.5. The molecule has 1 amide bonds. The van der Waals surface area contributed by atoms with Crippen LogP contribution in [-0.4, -0.2) is 35.6 Å². The van der Waals surface area contributed by atoms with Crippen LogP contribution in [0.3, 0.4) is 0 Å². The number of amides is 1. The summed E-state index contributed by atoms with van der Waals surface area (Å²) < 4.78 is 1.42. The van der Waals surface area contributed by atoms with E-state index >= 15 is 0 Å². The van der Waals surface area contributed by atoms with Crippen molar-refractivity contribution in [2.24, 2.45) is 0 Å². The van der Waals surface area contributed by atoms with Crippen molar-refractivity contribution in [1.29, 1.82) is 0 Å². The fourth-order valence-electron chi connectivity index (χ4n) is 2.20. The zero-order valence-electron chi connectivity index (χ0n) is 13.1. The molecule has 9 nitrogen and oxygen atoms in total. The second-order valence-corrected chi connectivity index (χ2v) is 5.15. The number of aromatic amines is 1. The van der Waals surface area contributed by atoms with Crippen LogP contribution in [0, 0.1) is 13.8 Å². The van der Waals surface area contributed by atoms with Gasteiger partial charge in [0.1, 0.15) is 0 Å². The highest BCUT2D eigenvalue weighted by atomic mass is 16.1. The molecule has 0 radical (unpaired) electrons. The van der Waals surface area contributed by atoms with E-state index in [9.17, 15) is 9.59 Å². The van der Waals surface area contributed by atoms with Crippen LogP contribution >= 0.6 is 0 Å². The minimum atomic E-state index is -0.292. The Bertz CT molecular complexity index is 930. The number of aromatic nitrogens is 6. The van der Waals surface area contributed by atoms with Crippen molar-refractivity contribution < 1.29 is 4.79 Å². The van der Waals surface area contributed by atoms with Crippen molar-refractivity contribution in [3.8, 4) is 5.95 Å². The number of nitrogens with zero attached hydrogens (tertiary/aromatic N) is 5. The standard InChI is InChI=1S/C15H15N7O2/c1-9-5-13(23)21-15(20-9)22-10(2)12(8-19-22)14(24)18-7-11-6-16-3-4-17-11/h3-6,8H,7H2,1-2H3,(H,18,24)(H,20,21,23). The Kier molecular flexibility index (Phi) is 4.15. The van der Waals surface area contributed by atoms with Gasteiger partial charge in [0.2, 0.25) is 5.95 Å². The summed E-state index contributed by atoms with van der Waals surface area (Å²) in [5.41, 5.74) is 1.90. The Hall–Kier alpha value is -3.36. The van der Waals surface area contributed by atoms with E-state index in [0.29, 0.717) is 22.6 Å². The molecule has 3 heterocycles. The monoisotopic (exact) mass is 325 g/mol. The number of nitrogens with one attached hydrogen (secondary N) is 2. The summed E-state index contributed by atoms with van der Waals surface area (Å²) in [5, 5.41) is 6.90. The van der Waals surface area contributed by atoms with Crippen molar-refractivity contribution in [3.05, 3.63) is 63.9 Å². The van der Waals surface area contributed by atoms with E-state index in [4.69, 9.17) is 0 Å². The molecule has 2 N–H and O–H groups in total. The molecule has 24 heavy (non-hydrogen) atoms. The molecule has 0 aliphatic rings. The van der Waals surface area contributed by atoms with Crippen LogP contribution in [0.25, 0.3) is 5.95 Å². The third kappa shape index (κ3) is 3.19. The van der Waals surface area contributed by atoms with Crippen LogP contribution in [0.1, 0.15) is 27.4 Å². The predicted octanol–water partition coefficient (Wildman–Crippen LogP) is 0.292. The molecule has 0 aromatic carbocycles. The zero-order valence-corrected chi connectivity index (χ0v) is 13.1. The molecular weight excluding hydrogens is 310 g/mol. The molecule has 0 aliphatic carbocycles. The largest absolute Gasteiger partial charge is 0.346 e. The first-order valence-corrected chi connectivity index (χ1v) is 7.20. The van der Waals surface area contributed by atoms with E-state index in [-0.39, 0.29) is 24.0 Å². The van der Waals surface area contributed by atoms with Gasteiger partial charge in [-0.3, -0.25) is 24.5 Å². The third-order valence-electron chi connectivity index (χ3n) is 3.36. The highest BCUT2D eigenvalue weighted by Crippen LogP contribution is 2.10. The van der Waals surface area contributed by atoms with Gasteiger partial charge in [-0.1, -0.05) is 0 Å². The van der Waals surface area contributed by atoms with Gasteiger partial charge in [0.25, 0.3) is 11.5 Å². The lowest BCUT2D eigenvalue weighted by Crippen LogP contribution is -2.24. The minimum Gasteiger partial charge on any atom is -0.346 e. The maximum Gasteiger partial charge on any atom is 0.255 e. The SMILES string of the molecule is Cc1cc(=O)[nH]c(-n2ncc(C(=O)NCc3cnccn3)c2C)n1. The smallest absolute Gasteiger partial charge is 0.255 e. The van der Waals surface area contributed by atoms with Gasteiger partial charge in [0, 0.05) is 24.2 Å². The molecule has 3 aromatic rings. The quantitative estimate of drug-likeness (QED) is 0.712. The maximum absolute atomic E-state index is 12.3. The van der Waals surface area contributed by atoms with Gasteiger partial charge in [-0.05, 0) is 13.8 Å². The first-order chi connectivity index (χ1) is 11.5. The Labute approximate surface area is 136 Å². The lowest BCUT2D eigenvalue weighted by molar-refractivity contribution is 0.0949. The summed E-state index contributed by atoms with van der Waals surface area (Å²) >= 11 is 0. The molecular formula is C15H15N7O2. The highest BCUT2D eigenvalue weighted by molar-refractivity contribution is 5.95. The molecule has 3 aromatic heterocycles. The Morgan fingerprint density at radius 2 is 2.12 bits per heavy atom. The van der Waals surface area contributed by atoms with E-state index in [1.165, 1.54) is 16.9 Å². The molecule has 0 aliphatic heterocycles. The summed E-state index contributed by atoms with van der Waals surface area (Å²) in [6, 6.07) is 1.39. The van der Waals surface area contributed by atoms with Crippen LogP contribution in [0.5, 0.6) is 0 Å². The zero-order chi connectivity index (χ0) is 17.1. The number of rotatable bonds is 4.